The van der Waals surface area contributed by atoms with Crippen molar-refractivity contribution >= 4 is 16.9 Å². The minimum absolute atomic E-state index is 0.714. The first-order chi connectivity index (χ1) is 12.7. The van der Waals surface area contributed by atoms with Crippen molar-refractivity contribution in [2.45, 2.75) is 20.4 Å². The molecule has 4 rings (SSSR count). The van der Waals surface area contributed by atoms with Gasteiger partial charge in [0.05, 0.1) is 11.0 Å². The van der Waals surface area contributed by atoms with Crippen molar-refractivity contribution in [2.75, 3.05) is 5.32 Å². The monoisotopic (exact) mass is 339 g/mol. The predicted molar refractivity (Wildman–Crippen MR) is 108 cm³/mol. The van der Waals surface area contributed by atoms with Crippen LogP contribution in [-0.4, -0.2) is 9.97 Å². The Kier molecular flexibility index (Phi) is 4.36. The summed E-state index contributed by atoms with van der Waals surface area (Å²) in [7, 11) is 0. The summed E-state index contributed by atoms with van der Waals surface area (Å²) in [6, 6.07) is 24.9. The molecule has 0 aliphatic carbocycles. The minimum Gasteiger partial charge on any atom is -0.364 e. The van der Waals surface area contributed by atoms with Crippen molar-refractivity contribution in [1.29, 1.82) is 0 Å². The van der Waals surface area contributed by atoms with E-state index >= 15 is 0 Å². The van der Waals surface area contributed by atoms with Gasteiger partial charge in [0.2, 0.25) is 0 Å². The molecule has 1 heterocycles. The molecule has 0 unspecified atom stereocenters. The van der Waals surface area contributed by atoms with Gasteiger partial charge in [0, 0.05) is 12.1 Å². The number of para-hydroxylation sites is 2. The highest BCUT2D eigenvalue weighted by molar-refractivity contribution is 5.83. The number of aryl methyl sites for hydroxylation is 2. The molecule has 0 radical (unpaired) electrons. The summed E-state index contributed by atoms with van der Waals surface area (Å²) in [6.07, 6.45) is 0. The van der Waals surface area contributed by atoms with Gasteiger partial charge in [0.15, 0.2) is 5.82 Å². The third kappa shape index (κ3) is 3.42. The zero-order valence-corrected chi connectivity index (χ0v) is 15.0. The Balaban J connectivity index is 1.75. The van der Waals surface area contributed by atoms with Crippen LogP contribution in [0, 0.1) is 13.8 Å². The molecule has 4 aromatic rings. The molecule has 0 fully saturated rings. The summed E-state index contributed by atoms with van der Waals surface area (Å²) in [5.41, 5.74) is 7.47. The SMILES string of the molecule is Cc1ccc(CNc2nc3ccccc3nc2-c2cccc(C)c2)cc1. The van der Waals surface area contributed by atoms with Gasteiger partial charge in [-0.1, -0.05) is 65.7 Å². The van der Waals surface area contributed by atoms with Gasteiger partial charge in [-0.05, 0) is 37.6 Å². The zero-order valence-electron chi connectivity index (χ0n) is 15.0. The molecular formula is C23H21N3. The van der Waals surface area contributed by atoms with Crippen LogP contribution in [0.1, 0.15) is 16.7 Å². The Bertz CT molecular complexity index is 1050. The van der Waals surface area contributed by atoms with Crippen molar-refractivity contribution in [3.05, 3.63) is 89.5 Å². The number of aromatic nitrogens is 2. The van der Waals surface area contributed by atoms with Crippen LogP contribution in [0.25, 0.3) is 22.3 Å². The van der Waals surface area contributed by atoms with Gasteiger partial charge in [-0.25, -0.2) is 9.97 Å². The Morgan fingerprint density at radius 1 is 0.731 bits per heavy atom. The Morgan fingerprint density at radius 2 is 1.46 bits per heavy atom. The van der Waals surface area contributed by atoms with E-state index < -0.39 is 0 Å². The van der Waals surface area contributed by atoms with E-state index in [-0.39, 0.29) is 0 Å². The number of anilines is 1. The van der Waals surface area contributed by atoms with E-state index in [9.17, 15) is 0 Å². The van der Waals surface area contributed by atoms with Gasteiger partial charge in [-0.15, -0.1) is 0 Å². The number of nitrogens with zero attached hydrogens (tertiary/aromatic N) is 2. The first-order valence-electron chi connectivity index (χ1n) is 8.82. The van der Waals surface area contributed by atoms with Crippen LogP contribution >= 0.6 is 0 Å². The third-order valence-corrected chi connectivity index (χ3v) is 4.44. The molecule has 0 saturated heterocycles. The summed E-state index contributed by atoms with van der Waals surface area (Å²) in [5, 5.41) is 3.49. The van der Waals surface area contributed by atoms with Crippen LogP contribution in [0.15, 0.2) is 72.8 Å². The van der Waals surface area contributed by atoms with Crippen molar-refractivity contribution in [3.63, 3.8) is 0 Å². The number of benzene rings is 3. The molecule has 1 aromatic heterocycles. The number of nitrogens with one attached hydrogen (secondary N) is 1. The number of rotatable bonds is 4. The maximum Gasteiger partial charge on any atom is 0.153 e. The molecule has 3 aromatic carbocycles. The molecule has 0 aliphatic heterocycles. The fourth-order valence-electron chi connectivity index (χ4n) is 3.01. The fourth-order valence-corrected chi connectivity index (χ4v) is 3.01. The topological polar surface area (TPSA) is 37.8 Å². The number of fused-ring (bicyclic) bond motifs is 1. The van der Waals surface area contributed by atoms with Crippen LogP contribution in [0.3, 0.4) is 0 Å². The minimum atomic E-state index is 0.714. The quantitative estimate of drug-likeness (QED) is 0.531. The first kappa shape index (κ1) is 16.3. The van der Waals surface area contributed by atoms with E-state index in [0.29, 0.717) is 6.54 Å². The average molecular weight is 339 g/mol. The molecule has 3 nitrogen and oxygen atoms in total. The van der Waals surface area contributed by atoms with Crippen LogP contribution in [0.5, 0.6) is 0 Å². The molecule has 1 N–H and O–H groups in total. The van der Waals surface area contributed by atoms with E-state index in [4.69, 9.17) is 9.97 Å². The van der Waals surface area contributed by atoms with Crippen molar-refractivity contribution in [1.82, 2.24) is 9.97 Å². The number of hydrogen-bond acceptors (Lipinski definition) is 3. The first-order valence-corrected chi connectivity index (χ1v) is 8.82. The van der Waals surface area contributed by atoms with E-state index in [2.05, 4.69) is 67.7 Å². The van der Waals surface area contributed by atoms with Crippen LogP contribution in [0.2, 0.25) is 0 Å². The Labute approximate surface area is 153 Å². The molecule has 0 saturated carbocycles. The summed E-state index contributed by atoms with van der Waals surface area (Å²) in [5.74, 6) is 0.815. The molecule has 0 spiro atoms. The molecule has 3 heteroatoms. The van der Waals surface area contributed by atoms with Gasteiger partial charge in [-0.2, -0.15) is 0 Å². The zero-order chi connectivity index (χ0) is 17.9. The molecular weight excluding hydrogens is 318 g/mol. The van der Waals surface area contributed by atoms with Gasteiger partial charge in [0.1, 0.15) is 5.69 Å². The Hall–Kier alpha value is -3.20. The van der Waals surface area contributed by atoms with E-state index in [1.807, 2.05) is 24.3 Å². The lowest BCUT2D eigenvalue weighted by atomic mass is 10.1. The maximum absolute atomic E-state index is 4.89. The number of hydrogen-bond donors (Lipinski definition) is 1. The van der Waals surface area contributed by atoms with Crippen molar-refractivity contribution in [3.8, 4) is 11.3 Å². The second kappa shape index (κ2) is 6.96. The van der Waals surface area contributed by atoms with E-state index in [0.717, 1.165) is 28.1 Å². The second-order valence-corrected chi connectivity index (χ2v) is 6.62. The lowest BCUT2D eigenvalue weighted by Crippen LogP contribution is -2.05. The van der Waals surface area contributed by atoms with E-state index in [1.54, 1.807) is 0 Å². The molecule has 26 heavy (non-hydrogen) atoms. The normalized spacial score (nSPS) is 10.8. The molecule has 0 bridgehead atoms. The maximum atomic E-state index is 4.89. The molecule has 0 atom stereocenters. The van der Waals surface area contributed by atoms with Crippen molar-refractivity contribution < 1.29 is 0 Å². The highest BCUT2D eigenvalue weighted by Crippen LogP contribution is 2.28. The molecule has 128 valence electrons. The van der Waals surface area contributed by atoms with Gasteiger partial charge >= 0.3 is 0 Å². The summed E-state index contributed by atoms with van der Waals surface area (Å²) >= 11 is 0. The van der Waals surface area contributed by atoms with Crippen LogP contribution in [0.4, 0.5) is 5.82 Å². The summed E-state index contributed by atoms with van der Waals surface area (Å²) in [4.78, 5) is 9.73. The largest absolute Gasteiger partial charge is 0.364 e. The fraction of sp³-hybridized carbons (Fsp3) is 0.130. The lowest BCUT2D eigenvalue weighted by molar-refractivity contribution is 1.11. The standard InChI is InChI=1S/C23H21N3/c1-16-10-12-18(13-11-16)15-24-23-22(19-7-5-6-17(2)14-19)25-20-8-3-4-9-21(20)26-23/h3-14H,15H2,1-2H3,(H,24,26). The van der Waals surface area contributed by atoms with Gasteiger partial charge in [0.25, 0.3) is 0 Å². The summed E-state index contributed by atoms with van der Waals surface area (Å²) < 4.78 is 0. The molecule has 0 amide bonds. The van der Waals surface area contributed by atoms with Crippen LogP contribution in [-0.2, 0) is 6.54 Å². The smallest absolute Gasteiger partial charge is 0.153 e. The second-order valence-electron chi connectivity index (χ2n) is 6.62. The van der Waals surface area contributed by atoms with E-state index in [1.165, 1.54) is 16.7 Å². The van der Waals surface area contributed by atoms with Crippen molar-refractivity contribution in [2.24, 2.45) is 0 Å². The lowest BCUT2D eigenvalue weighted by Gasteiger charge is -2.13. The van der Waals surface area contributed by atoms with Gasteiger partial charge in [-0.3, -0.25) is 0 Å². The third-order valence-electron chi connectivity index (χ3n) is 4.44. The average Bonchev–Trinajstić information content (AvgIpc) is 2.67. The Morgan fingerprint density at radius 3 is 2.19 bits per heavy atom. The molecule has 0 aliphatic rings. The summed E-state index contributed by atoms with van der Waals surface area (Å²) in [6.45, 7) is 4.91. The predicted octanol–water partition coefficient (Wildman–Crippen LogP) is 5.53. The van der Waals surface area contributed by atoms with Crippen LogP contribution < -0.4 is 5.32 Å². The van der Waals surface area contributed by atoms with Gasteiger partial charge < -0.3 is 5.32 Å². The highest BCUT2D eigenvalue weighted by Gasteiger charge is 2.11. The highest BCUT2D eigenvalue weighted by atomic mass is 15.0.